The lowest BCUT2D eigenvalue weighted by Gasteiger charge is -2.15. The van der Waals surface area contributed by atoms with Crippen LogP contribution in [0.15, 0.2) is 23.2 Å². The van der Waals surface area contributed by atoms with Crippen LogP contribution in [0.2, 0.25) is 0 Å². The van der Waals surface area contributed by atoms with Crippen LogP contribution >= 0.6 is 0 Å². The lowest BCUT2D eigenvalue weighted by molar-refractivity contribution is -0.138. The molecule has 0 saturated carbocycles. The highest BCUT2D eigenvalue weighted by molar-refractivity contribution is 5.68. The highest BCUT2D eigenvalue weighted by Gasteiger charge is 2.34. The Bertz CT molecular complexity index is 395. The van der Waals surface area contributed by atoms with E-state index >= 15 is 0 Å². The fourth-order valence-electron chi connectivity index (χ4n) is 1.47. The van der Waals surface area contributed by atoms with Crippen LogP contribution in [0, 0.1) is 5.82 Å². The lowest BCUT2D eigenvalue weighted by atomic mass is 9.96. The Balaban J connectivity index is 3.28. The zero-order chi connectivity index (χ0) is 12.3. The summed E-state index contributed by atoms with van der Waals surface area (Å²) in [5.74, 6) is -1.39. The number of nitrogens with zero attached hydrogens (tertiary/aromatic N) is 1. The Morgan fingerprint density at radius 1 is 1.31 bits per heavy atom. The van der Waals surface area contributed by atoms with Gasteiger partial charge < -0.3 is 4.99 Å². The maximum Gasteiger partial charge on any atom is 0.416 e. The van der Waals surface area contributed by atoms with Crippen molar-refractivity contribution in [1.82, 2.24) is 0 Å². The van der Waals surface area contributed by atoms with Gasteiger partial charge in [0.15, 0.2) is 0 Å². The minimum absolute atomic E-state index is 0.0273. The van der Waals surface area contributed by atoms with Gasteiger partial charge in [-0.25, -0.2) is 4.39 Å². The van der Waals surface area contributed by atoms with E-state index in [2.05, 4.69) is 4.99 Å². The molecule has 0 aliphatic rings. The molecule has 0 amide bonds. The molecule has 1 atom stereocenters. The Morgan fingerprint density at radius 3 is 2.44 bits per heavy atom. The molecule has 1 rings (SSSR count). The monoisotopic (exact) mass is 233 g/mol. The summed E-state index contributed by atoms with van der Waals surface area (Å²) in [5, 5.41) is 0. The average Bonchev–Trinajstić information content (AvgIpc) is 2.16. The molecule has 88 valence electrons. The minimum atomic E-state index is -4.55. The van der Waals surface area contributed by atoms with Crippen molar-refractivity contribution in [2.45, 2.75) is 19.0 Å². The number of hydrogen-bond donors (Lipinski definition) is 0. The summed E-state index contributed by atoms with van der Waals surface area (Å²) in [5.41, 5.74) is -0.917. The third-order valence-electron chi connectivity index (χ3n) is 2.18. The van der Waals surface area contributed by atoms with Crippen LogP contribution in [-0.4, -0.2) is 13.3 Å². The van der Waals surface area contributed by atoms with E-state index in [1.54, 1.807) is 6.92 Å². The maximum atomic E-state index is 12.8. The van der Waals surface area contributed by atoms with Crippen LogP contribution in [0.25, 0.3) is 0 Å². The van der Waals surface area contributed by atoms with Crippen molar-refractivity contribution in [2.75, 3.05) is 7.05 Å². The summed E-state index contributed by atoms with van der Waals surface area (Å²) in [4.78, 5) is 3.67. The topological polar surface area (TPSA) is 12.4 Å². The third kappa shape index (κ3) is 2.81. The molecule has 0 heterocycles. The third-order valence-corrected chi connectivity index (χ3v) is 2.18. The molecule has 0 spiro atoms. The smallest absolute Gasteiger partial charge is 0.300 e. The molecular weight excluding hydrogens is 222 g/mol. The van der Waals surface area contributed by atoms with Gasteiger partial charge in [0, 0.05) is 19.2 Å². The normalized spacial score (nSPS) is 14.4. The van der Waals surface area contributed by atoms with Crippen LogP contribution in [0.5, 0.6) is 0 Å². The second kappa shape index (κ2) is 4.63. The van der Waals surface area contributed by atoms with Crippen molar-refractivity contribution in [3.8, 4) is 0 Å². The summed E-state index contributed by atoms with van der Waals surface area (Å²) in [6.07, 6.45) is -3.16. The molecule has 5 heteroatoms. The van der Waals surface area contributed by atoms with Crippen molar-refractivity contribution in [2.24, 2.45) is 4.99 Å². The lowest BCUT2D eigenvalue weighted by Crippen LogP contribution is -2.12. The number of rotatable bonds is 2. The van der Waals surface area contributed by atoms with Crippen molar-refractivity contribution in [1.29, 1.82) is 0 Å². The molecular formula is C11H11F4N. The predicted molar refractivity (Wildman–Crippen MR) is 54.2 cm³/mol. The van der Waals surface area contributed by atoms with E-state index in [9.17, 15) is 17.6 Å². The number of alkyl halides is 3. The first kappa shape index (κ1) is 12.7. The van der Waals surface area contributed by atoms with Gasteiger partial charge in [0.1, 0.15) is 5.82 Å². The second-order valence-electron chi connectivity index (χ2n) is 3.43. The highest BCUT2D eigenvalue weighted by Crippen LogP contribution is 2.35. The largest absolute Gasteiger partial charge is 0.416 e. The Labute approximate surface area is 90.8 Å². The van der Waals surface area contributed by atoms with Gasteiger partial charge in [0.2, 0.25) is 0 Å². The number of halogens is 4. The van der Waals surface area contributed by atoms with Crippen molar-refractivity contribution < 1.29 is 17.6 Å². The first-order valence-corrected chi connectivity index (χ1v) is 4.65. The van der Waals surface area contributed by atoms with Crippen LogP contribution in [-0.2, 0) is 6.18 Å². The van der Waals surface area contributed by atoms with Crippen LogP contribution in [0.3, 0.4) is 0 Å². The van der Waals surface area contributed by atoms with E-state index in [-0.39, 0.29) is 5.56 Å². The summed E-state index contributed by atoms with van der Waals surface area (Å²) < 4.78 is 50.6. The molecule has 0 N–H and O–H groups in total. The molecule has 0 aliphatic carbocycles. The summed E-state index contributed by atoms with van der Waals surface area (Å²) in [7, 11) is 1.48. The van der Waals surface area contributed by atoms with E-state index in [1.165, 1.54) is 13.3 Å². The second-order valence-corrected chi connectivity index (χ2v) is 3.43. The Morgan fingerprint density at radius 2 is 1.94 bits per heavy atom. The van der Waals surface area contributed by atoms with Gasteiger partial charge in [-0.2, -0.15) is 13.2 Å². The van der Waals surface area contributed by atoms with Crippen LogP contribution < -0.4 is 0 Å². The maximum absolute atomic E-state index is 12.8. The zero-order valence-corrected chi connectivity index (χ0v) is 8.85. The molecule has 0 bridgehead atoms. The summed E-state index contributed by atoms with van der Waals surface area (Å²) in [6.45, 7) is 1.58. The van der Waals surface area contributed by atoms with Gasteiger partial charge in [-0.1, -0.05) is 13.0 Å². The molecule has 0 aliphatic heterocycles. The molecule has 0 fully saturated rings. The molecule has 0 aromatic heterocycles. The number of aliphatic imine (C=N–C) groups is 1. The standard InChI is InChI=1S/C11H11F4N/c1-7(6-16-2)9-4-3-8(12)5-10(9)11(13,14)15/h3-7H,1-2H3/b16-6+. The first-order valence-electron chi connectivity index (χ1n) is 4.65. The Kier molecular flexibility index (Phi) is 3.67. The number of benzene rings is 1. The van der Waals surface area contributed by atoms with E-state index in [0.717, 1.165) is 12.1 Å². The predicted octanol–water partition coefficient (Wildman–Crippen LogP) is 3.65. The van der Waals surface area contributed by atoms with Gasteiger partial charge in [-0.05, 0) is 17.7 Å². The zero-order valence-electron chi connectivity index (χ0n) is 8.85. The highest BCUT2D eigenvalue weighted by atomic mass is 19.4. The summed E-state index contributed by atoms with van der Waals surface area (Å²) >= 11 is 0. The number of hydrogen-bond acceptors (Lipinski definition) is 1. The van der Waals surface area contributed by atoms with Crippen molar-refractivity contribution in [3.63, 3.8) is 0 Å². The molecule has 1 aromatic carbocycles. The average molecular weight is 233 g/mol. The van der Waals surface area contributed by atoms with E-state index in [1.807, 2.05) is 0 Å². The Hall–Kier alpha value is -1.39. The van der Waals surface area contributed by atoms with E-state index in [0.29, 0.717) is 6.07 Å². The van der Waals surface area contributed by atoms with Gasteiger partial charge >= 0.3 is 6.18 Å². The summed E-state index contributed by atoms with van der Waals surface area (Å²) in [6, 6.07) is 2.67. The molecule has 16 heavy (non-hydrogen) atoms. The quantitative estimate of drug-likeness (QED) is 0.546. The van der Waals surface area contributed by atoms with E-state index < -0.39 is 23.5 Å². The van der Waals surface area contributed by atoms with Gasteiger partial charge in [0.25, 0.3) is 0 Å². The fourth-order valence-corrected chi connectivity index (χ4v) is 1.47. The molecule has 0 saturated heterocycles. The first-order chi connectivity index (χ1) is 7.36. The molecule has 1 unspecified atom stereocenters. The fraction of sp³-hybridized carbons (Fsp3) is 0.364. The SMILES string of the molecule is C/N=C/C(C)c1ccc(F)cc1C(F)(F)F. The molecule has 1 nitrogen and oxygen atoms in total. The molecule has 0 radical (unpaired) electrons. The minimum Gasteiger partial charge on any atom is -0.300 e. The van der Waals surface area contributed by atoms with E-state index in [4.69, 9.17) is 0 Å². The van der Waals surface area contributed by atoms with Gasteiger partial charge in [-0.15, -0.1) is 0 Å². The van der Waals surface area contributed by atoms with Crippen LogP contribution in [0.4, 0.5) is 17.6 Å². The molecule has 1 aromatic rings. The van der Waals surface area contributed by atoms with Crippen molar-refractivity contribution >= 4 is 6.21 Å². The van der Waals surface area contributed by atoms with Gasteiger partial charge in [-0.3, -0.25) is 0 Å². The van der Waals surface area contributed by atoms with Crippen LogP contribution in [0.1, 0.15) is 24.0 Å². The van der Waals surface area contributed by atoms with Gasteiger partial charge in [0.05, 0.1) is 5.56 Å². The van der Waals surface area contributed by atoms with Crippen molar-refractivity contribution in [3.05, 3.63) is 35.1 Å².